The summed E-state index contributed by atoms with van der Waals surface area (Å²) in [6, 6.07) is 2.76. The smallest absolute Gasteiger partial charge is 0.277 e. The fourth-order valence-electron chi connectivity index (χ4n) is 3.76. The highest BCUT2D eigenvalue weighted by Gasteiger charge is 2.34. The first kappa shape index (κ1) is 12.9. The molecule has 1 aromatic heterocycles. The van der Waals surface area contributed by atoms with Gasteiger partial charge in [-0.25, -0.2) is 4.68 Å². The molecule has 3 heterocycles. The number of rotatable bonds is 5. The molecular weight excluding hydrogens is 434 g/mol. The molecule has 0 radical (unpaired) electrons. The molecule has 2 N–H and O–H groups in total. The van der Waals surface area contributed by atoms with Crippen LogP contribution in [0.4, 0.5) is 11.4 Å². The van der Waals surface area contributed by atoms with Crippen LogP contribution in [-0.4, -0.2) is 47.7 Å². The van der Waals surface area contributed by atoms with Crippen LogP contribution in [-0.2, 0) is 11.2 Å². The maximum Gasteiger partial charge on any atom is 0.277 e. The second-order valence-corrected chi connectivity index (χ2v) is 7.37. The van der Waals surface area contributed by atoms with E-state index >= 15 is 0 Å². The second kappa shape index (κ2) is 8.66. The molecule has 0 atom stereocenters. The molecule has 174 valence electrons. The van der Waals surface area contributed by atoms with Crippen molar-refractivity contribution in [3.63, 3.8) is 0 Å². The average molecular weight is 470 g/mol. The third-order valence-electron chi connectivity index (χ3n) is 5.40. The van der Waals surface area contributed by atoms with Crippen LogP contribution in [0.1, 0.15) is 59.4 Å². The number of primary amides is 1. The molecule has 0 spiro atoms. The summed E-state index contributed by atoms with van der Waals surface area (Å²) >= 11 is 0. The zero-order valence-corrected chi connectivity index (χ0v) is 17.9. The Morgan fingerprint density at radius 3 is 2.35 bits per heavy atom. The molecule has 9 nitrogen and oxygen atoms in total. The quantitative estimate of drug-likeness (QED) is 0.618. The highest BCUT2D eigenvalue weighted by molar-refractivity contribution is 6.09. The van der Waals surface area contributed by atoms with Gasteiger partial charge in [-0.05, 0) is 67.6 Å². The Kier molecular flexibility index (Phi) is 3.29. The molecule has 34 heavy (non-hydrogen) atoms. The van der Waals surface area contributed by atoms with Gasteiger partial charge in [-0.2, -0.15) is 5.10 Å². The van der Waals surface area contributed by atoms with E-state index in [1.165, 1.54) is 11.8 Å². The lowest BCUT2D eigenvalue weighted by atomic mass is 10.0. The number of hydrogen-bond acceptors (Lipinski definition) is 5. The van der Waals surface area contributed by atoms with Crippen molar-refractivity contribution < 1.29 is 32.8 Å². The summed E-state index contributed by atoms with van der Waals surface area (Å²) in [6.45, 7) is -3.63. The number of hydrogen-bond donors (Lipinski definition) is 1. The van der Waals surface area contributed by atoms with Crippen molar-refractivity contribution in [1.82, 2.24) is 9.78 Å². The third-order valence-corrected chi connectivity index (χ3v) is 5.40. The first-order valence-corrected chi connectivity index (χ1v) is 10.2. The lowest BCUT2D eigenvalue weighted by Gasteiger charge is -2.29. The summed E-state index contributed by atoms with van der Waals surface area (Å²) in [5, 5.41) is 4.23. The topological polar surface area (TPSA) is 111 Å². The number of nitrogens with two attached hydrogens (primary N) is 1. The summed E-state index contributed by atoms with van der Waals surface area (Å²) in [4.78, 5) is 40.2. The lowest BCUT2D eigenvalue weighted by Crippen LogP contribution is -2.39. The highest BCUT2D eigenvalue weighted by atomic mass is 16.5. The molecule has 0 bridgehead atoms. The number of nitrogens with zero attached hydrogens (tertiary/aromatic N) is 4. The van der Waals surface area contributed by atoms with Crippen LogP contribution in [0.3, 0.4) is 0 Å². The molecular formula is C25H25N5O4. The van der Waals surface area contributed by atoms with E-state index < -0.39 is 78.9 Å². The summed E-state index contributed by atoms with van der Waals surface area (Å²) in [6.07, 6.45) is -7.37. The number of benzene rings is 2. The van der Waals surface area contributed by atoms with Gasteiger partial charge < -0.3 is 20.3 Å². The van der Waals surface area contributed by atoms with Crippen molar-refractivity contribution in [2.24, 2.45) is 5.73 Å². The normalized spacial score (nSPS) is 24.6. The SMILES string of the molecule is [2H]c1c([2H])c(N2C(=O)CC([2H])([2H])C([2H])([2H])C2([2H])[2H])c([2H])c([2H])c1N1CCc2c(C(N)=O)nn(-c3ccc(OC)cc3)c2C1=O. The minimum absolute atomic E-state index is 0.0146. The molecule has 0 unspecified atom stereocenters. The molecule has 9 heteroatoms. The number of aromatic nitrogens is 2. The summed E-state index contributed by atoms with van der Waals surface area (Å²) in [5.74, 6) is -2.52. The van der Waals surface area contributed by atoms with E-state index in [-0.39, 0.29) is 34.8 Å². The van der Waals surface area contributed by atoms with Crippen LogP contribution in [0.25, 0.3) is 5.69 Å². The van der Waals surface area contributed by atoms with Crippen LogP contribution in [0.5, 0.6) is 5.75 Å². The van der Waals surface area contributed by atoms with Gasteiger partial charge in [0, 0.05) is 44.6 Å². The van der Waals surface area contributed by atoms with E-state index in [0.29, 0.717) is 11.4 Å². The maximum absolute atomic E-state index is 14.0. The Balaban J connectivity index is 1.65. The van der Waals surface area contributed by atoms with E-state index in [9.17, 15) is 14.4 Å². The molecule has 5 rings (SSSR count). The van der Waals surface area contributed by atoms with Crippen LogP contribution in [0.15, 0.2) is 48.4 Å². The first-order chi connectivity index (χ1) is 20.4. The summed E-state index contributed by atoms with van der Waals surface area (Å²) in [5.41, 5.74) is 4.39. The summed E-state index contributed by atoms with van der Waals surface area (Å²) < 4.78 is 89.5. The first-order valence-electron chi connectivity index (χ1n) is 15.2. The standard InChI is InChI=1S/C25H25N5O4/c1-34-19-11-9-18(10-12-19)30-23-20(22(27-30)24(26)32)13-15-29(25(23)33)17-7-5-16(6-8-17)28-14-3-2-4-21(28)31/h5-12H,2-4,13-15H2,1H3,(H2,26,32)/i2D2,3D2,5D,6D,7D,8D,14D2. The van der Waals surface area contributed by atoms with Crippen LogP contribution in [0.2, 0.25) is 0 Å². The lowest BCUT2D eigenvalue weighted by molar-refractivity contribution is -0.119. The van der Waals surface area contributed by atoms with E-state index in [2.05, 4.69) is 5.10 Å². The zero-order valence-electron chi connectivity index (χ0n) is 27.9. The van der Waals surface area contributed by atoms with Crippen molar-refractivity contribution in [1.29, 1.82) is 0 Å². The predicted molar refractivity (Wildman–Crippen MR) is 127 cm³/mol. The largest absolute Gasteiger partial charge is 0.497 e. The Morgan fingerprint density at radius 2 is 1.71 bits per heavy atom. The summed E-state index contributed by atoms with van der Waals surface area (Å²) in [7, 11) is 1.46. The molecule has 0 aliphatic carbocycles. The van der Waals surface area contributed by atoms with Crippen LogP contribution in [0, 0.1) is 0 Å². The molecule has 3 aromatic rings. The number of methoxy groups -OCH3 is 1. The Bertz CT molecular complexity index is 1710. The molecule has 2 aliphatic heterocycles. The van der Waals surface area contributed by atoms with Gasteiger partial charge in [-0.3, -0.25) is 14.4 Å². The van der Waals surface area contributed by atoms with Gasteiger partial charge in [0.1, 0.15) is 11.4 Å². The van der Waals surface area contributed by atoms with Crippen molar-refractivity contribution in [3.05, 3.63) is 65.4 Å². The van der Waals surface area contributed by atoms with Crippen molar-refractivity contribution in [3.8, 4) is 11.4 Å². The number of piperidine rings is 1. The Labute approximate surface area is 210 Å². The molecule has 1 fully saturated rings. The maximum atomic E-state index is 14.0. The number of amides is 3. The van der Waals surface area contributed by atoms with E-state index in [4.69, 9.17) is 24.2 Å². The Morgan fingerprint density at radius 1 is 1.03 bits per heavy atom. The van der Waals surface area contributed by atoms with Gasteiger partial charge in [0.05, 0.1) is 18.3 Å². The van der Waals surface area contributed by atoms with E-state index in [0.717, 1.165) is 4.90 Å². The highest BCUT2D eigenvalue weighted by Crippen LogP contribution is 2.31. The fourth-order valence-corrected chi connectivity index (χ4v) is 3.76. The van der Waals surface area contributed by atoms with Crippen molar-refractivity contribution in [2.75, 3.05) is 30.0 Å². The fraction of sp³-hybridized carbons (Fsp3) is 0.280. The van der Waals surface area contributed by atoms with Gasteiger partial charge in [-0.15, -0.1) is 0 Å². The van der Waals surface area contributed by atoms with Crippen molar-refractivity contribution in [2.45, 2.75) is 25.6 Å². The molecule has 0 saturated carbocycles. The molecule has 2 aromatic carbocycles. The van der Waals surface area contributed by atoms with Crippen LogP contribution < -0.4 is 20.3 Å². The number of fused-ring (bicyclic) bond motifs is 1. The predicted octanol–water partition coefficient (Wildman–Crippen LogP) is 2.70. The number of carbonyl (C=O) groups is 3. The molecule has 2 aliphatic rings. The average Bonchev–Trinajstić information content (AvgIpc) is 3.35. The van der Waals surface area contributed by atoms with Gasteiger partial charge in [0.25, 0.3) is 11.8 Å². The molecule has 1 saturated heterocycles. The third kappa shape index (κ3) is 3.68. The van der Waals surface area contributed by atoms with Gasteiger partial charge in [0.15, 0.2) is 5.69 Å². The minimum atomic E-state index is -3.41. The van der Waals surface area contributed by atoms with Crippen LogP contribution >= 0.6 is 0 Å². The number of carbonyl (C=O) groups excluding carboxylic acids is 3. The number of ether oxygens (including phenoxy) is 1. The number of anilines is 2. The Hall–Kier alpha value is -4.14. The van der Waals surface area contributed by atoms with E-state index in [1.807, 2.05) is 0 Å². The van der Waals surface area contributed by atoms with Gasteiger partial charge in [-0.1, -0.05) is 0 Å². The zero-order chi connectivity index (χ0) is 32.7. The van der Waals surface area contributed by atoms with Crippen molar-refractivity contribution >= 4 is 29.1 Å². The molecule has 3 amide bonds. The van der Waals surface area contributed by atoms with Gasteiger partial charge >= 0.3 is 0 Å². The monoisotopic (exact) mass is 469 g/mol. The second-order valence-electron chi connectivity index (χ2n) is 7.37. The van der Waals surface area contributed by atoms with Gasteiger partial charge in [0.2, 0.25) is 5.91 Å². The minimum Gasteiger partial charge on any atom is -0.497 e. The van der Waals surface area contributed by atoms with E-state index in [1.54, 1.807) is 24.3 Å².